The monoisotopic (exact) mass is 282 g/mol. The molecule has 0 fully saturated rings. The summed E-state index contributed by atoms with van der Waals surface area (Å²) in [6, 6.07) is 17.5. The predicted octanol–water partition coefficient (Wildman–Crippen LogP) is 6.49. The fourth-order valence-electron chi connectivity index (χ4n) is 2.20. The van der Waals surface area contributed by atoms with Crippen LogP contribution in [0.4, 0.5) is 0 Å². The van der Waals surface area contributed by atoms with Gasteiger partial charge in [0.25, 0.3) is 0 Å². The molecule has 2 aromatic rings. The largest absolute Gasteiger partial charge is 0.0617 e. The van der Waals surface area contributed by atoms with Gasteiger partial charge in [0.15, 0.2) is 0 Å². The van der Waals surface area contributed by atoms with E-state index in [0.29, 0.717) is 11.8 Å². The Bertz CT molecular complexity index is 535. The molecule has 0 spiro atoms. The van der Waals surface area contributed by atoms with Gasteiger partial charge in [-0.05, 0) is 41.9 Å². The predicted molar refractivity (Wildman–Crippen MR) is 95.2 cm³/mol. The van der Waals surface area contributed by atoms with Crippen molar-refractivity contribution in [2.24, 2.45) is 0 Å². The Balaban J connectivity index is 0.000000211. The summed E-state index contributed by atoms with van der Waals surface area (Å²) < 4.78 is 0. The summed E-state index contributed by atoms with van der Waals surface area (Å²) in [6.45, 7) is 13.2. The van der Waals surface area contributed by atoms with Crippen LogP contribution in [-0.2, 0) is 6.42 Å². The Labute approximate surface area is 131 Å². The zero-order valence-electron chi connectivity index (χ0n) is 14.5. The number of benzene rings is 2. The summed E-state index contributed by atoms with van der Waals surface area (Å²) in [5.74, 6) is 1.31. The minimum absolute atomic E-state index is 0.653. The van der Waals surface area contributed by atoms with Gasteiger partial charge >= 0.3 is 0 Å². The summed E-state index contributed by atoms with van der Waals surface area (Å²) in [5.41, 5.74) is 5.67. The average Bonchev–Trinajstić information content (AvgIpc) is 2.48. The highest BCUT2D eigenvalue weighted by molar-refractivity contribution is 5.25. The molecule has 114 valence electrons. The number of hydrogen-bond acceptors (Lipinski definition) is 0. The number of aryl methyl sites for hydroxylation is 2. The van der Waals surface area contributed by atoms with Crippen molar-refractivity contribution >= 4 is 0 Å². The van der Waals surface area contributed by atoms with Gasteiger partial charge in [-0.15, -0.1) is 0 Å². The topological polar surface area (TPSA) is 0 Å². The lowest BCUT2D eigenvalue weighted by Crippen LogP contribution is -1.88. The van der Waals surface area contributed by atoms with Crippen molar-refractivity contribution in [3.05, 3.63) is 70.8 Å². The summed E-state index contributed by atoms with van der Waals surface area (Å²) in [6.07, 6.45) is 1.14. The molecule has 0 nitrogen and oxygen atoms in total. The van der Waals surface area contributed by atoms with Gasteiger partial charge in [0.2, 0.25) is 0 Å². The molecule has 0 aliphatic carbocycles. The summed E-state index contributed by atoms with van der Waals surface area (Å²) in [5, 5.41) is 0. The molecule has 0 aliphatic rings. The minimum Gasteiger partial charge on any atom is -0.0617 e. The number of rotatable bonds is 3. The highest BCUT2D eigenvalue weighted by Crippen LogP contribution is 2.15. The molecule has 0 saturated heterocycles. The normalized spacial score (nSPS) is 10.5. The molecular weight excluding hydrogens is 252 g/mol. The van der Waals surface area contributed by atoms with Crippen LogP contribution in [0, 0.1) is 6.92 Å². The van der Waals surface area contributed by atoms with Crippen molar-refractivity contribution in [1.29, 1.82) is 0 Å². The number of hydrogen-bond donors (Lipinski definition) is 0. The van der Waals surface area contributed by atoms with Gasteiger partial charge in [-0.25, -0.2) is 0 Å². The molecule has 0 unspecified atom stereocenters. The van der Waals surface area contributed by atoms with E-state index in [-0.39, 0.29) is 0 Å². The van der Waals surface area contributed by atoms with E-state index in [2.05, 4.69) is 90.1 Å². The van der Waals surface area contributed by atoms with Crippen LogP contribution in [0.3, 0.4) is 0 Å². The Morgan fingerprint density at radius 2 is 1.29 bits per heavy atom. The van der Waals surface area contributed by atoms with E-state index in [1.54, 1.807) is 0 Å². The van der Waals surface area contributed by atoms with Crippen LogP contribution in [0.1, 0.15) is 68.7 Å². The van der Waals surface area contributed by atoms with Crippen molar-refractivity contribution in [2.45, 2.75) is 59.8 Å². The van der Waals surface area contributed by atoms with Gasteiger partial charge in [0.1, 0.15) is 0 Å². The van der Waals surface area contributed by atoms with Crippen LogP contribution >= 0.6 is 0 Å². The zero-order chi connectivity index (χ0) is 15.8. The molecular formula is C21H30. The lowest BCUT2D eigenvalue weighted by molar-refractivity contribution is 0.862. The van der Waals surface area contributed by atoms with Crippen molar-refractivity contribution in [3.8, 4) is 0 Å². The van der Waals surface area contributed by atoms with E-state index < -0.39 is 0 Å². The molecule has 0 heteroatoms. The quantitative estimate of drug-likeness (QED) is 0.603. The molecule has 0 N–H and O–H groups in total. The lowest BCUT2D eigenvalue weighted by Gasteiger charge is -2.05. The van der Waals surface area contributed by atoms with Crippen LogP contribution in [-0.4, -0.2) is 0 Å². The molecule has 0 saturated carbocycles. The third-order valence-corrected chi connectivity index (χ3v) is 3.73. The van der Waals surface area contributed by atoms with Crippen molar-refractivity contribution in [1.82, 2.24) is 0 Å². The van der Waals surface area contributed by atoms with E-state index >= 15 is 0 Å². The van der Waals surface area contributed by atoms with Gasteiger partial charge in [0, 0.05) is 0 Å². The second kappa shape index (κ2) is 8.67. The second-order valence-corrected chi connectivity index (χ2v) is 6.32. The molecule has 2 rings (SSSR count). The smallest absolute Gasteiger partial charge is 0.0219 e. The van der Waals surface area contributed by atoms with E-state index in [9.17, 15) is 0 Å². The Morgan fingerprint density at radius 1 is 0.762 bits per heavy atom. The molecule has 0 bridgehead atoms. The maximum Gasteiger partial charge on any atom is -0.0219 e. The highest BCUT2D eigenvalue weighted by Gasteiger charge is 1.98. The van der Waals surface area contributed by atoms with E-state index in [0.717, 1.165) is 6.42 Å². The first-order valence-corrected chi connectivity index (χ1v) is 8.09. The fraction of sp³-hybridized carbons (Fsp3) is 0.429. The third kappa shape index (κ3) is 6.16. The first-order valence-electron chi connectivity index (χ1n) is 8.09. The second-order valence-electron chi connectivity index (χ2n) is 6.32. The van der Waals surface area contributed by atoms with Gasteiger partial charge in [-0.3, -0.25) is 0 Å². The van der Waals surface area contributed by atoms with Crippen LogP contribution < -0.4 is 0 Å². The van der Waals surface area contributed by atoms with Crippen molar-refractivity contribution < 1.29 is 0 Å². The maximum absolute atomic E-state index is 2.30. The summed E-state index contributed by atoms with van der Waals surface area (Å²) >= 11 is 0. The molecule has 0 aromatic heterocycles. The van der Waals surface area contributed by atoms with Crippen LogP contribution in [0.5, 0.6) is 0 Å². The van der Waals surface area contributed by atoms with Crippen molar-refractivity contribution in [2.75, 3.05) is 0 Å². The fourth-order valence-corrected chi connectivity index (χ4v) is 2.20. The zero-order valence-corrected chi connectivity index (χ0v) is 14.5. The molecule has 21 heavy (non-hydrogen) atoms. The third-order valence-electron chi connectivity index (χ3n) is 3.73. The summed E-state index contributed by atoms with van der Waals surface area (Å²) in [4.78, 5) is 0. The van der Waals surface area contributed by atoms with Gasteiger partial charge < -0.3 is 0 Å². The Kier molecular flexibility index (Phi) is 7.22. The molecule has 0 amide bonds. The van der Waals surface area contributed by atoms with E-state index in [1.165, 1.54) is 22.3 Å². The van der Waals surface area contributed by atoms with E-state index in [1.807, 2.05) is 0 Å². The Morgan fingerprint density at radius 3 is 1.71 bits per heavy atom. The lowest BCUT2D eigenvalue weighted by atomic mass is 10.0. The first kappa shape index (κ1) is 17.5. The summed E-state index contributed by atoms with van der Waals surface area (Å²) in [7, 11) is 0. The minimum atomic E-state index is 0.653. The van der Waals surface area contributed by atoms with Crippen LogP contribution in [0.15, 0.2) is 48.5 Å². The molecule has 0 heterocycles. The van der Waals surface area contributed by atoms with Gasteiger partial charge in [0.05, 0.1) is 0 Å². The maximum atomic E-state index is 2.30. The SMILES string of the molecule is CCc1cccc(C(C)C)c1.Cc1cccc(C(C)C)c1. The van der Waals surface area contributed by atoms with Gasteiger partial charge in [-0.2, -0.15) is 0 Å². The highest BCUT2D eigenvalue weighted by atomic mass is 14.0. The van der Waals surface area contributed by atoms with Gasteiger partial charge in [-0.1, -0.05) is 88.7 Å². The first-order chi connectivity index (χ1) is 9.93. The van der Waals surface area contributed by atoms with E-state index in [4.69, 9.17) is 0 Å². The van der Waals surface area contributed by atoms with Crippen molar-refractivity contribution in [3.63, 3.8) is 0 Å². The van der Waals surface area contributed by atoms with Crippen LogP contribution in [0.2, 0.25) is 0 Å². The Hall–Kier alpha value is -1.56. The standard InChI is InChI=1S/C11H16.C10H14/c1-4-10-6-5-7-11(8-10)9(2)3;1-8(2)10-6-4-5-9(3)7-10/h5-9H,4H2,1-3H3;4-8H,1-3H3. The molecule has 0 aliphatic heterocycles. The molecule has 0 radical (unpaired) electrons. The van der Waals surface area contributed by atoms with Crippen LogP contribution in [0.25, 0.3) is 0 Å². The molecule has 0 atom stereocenters. The molecule has 2 aromatic carbocycles. The average molecular weight is 282 g/mol.